The van der Waals surface area contributed by atoms with Gasteiger partial charge >= 0.3 is 0 Å². The topological polar surface area (TPSA) is 40.5 Å². The average Bonchev–Trinajstić information content (AvgIpc) is 2.55. The molecule has 1 unspecified atom stereocenters. The smallest absolute Gasteiger partial charge is 0.227 e. The molecule has 0 aliphatic carbocycles. The molecule has 2 rings (SSSR count). The number of aliphatic hydroxyl groups is 1. The molecule has 0 fully saturated rings. The largest absolute Gasteiger partial charge is 0.396 e. The molecule has 0 aromatic heterocycles. The maximum Gasteiger partial charge on any atom is 0.227 e. The summed E-state index contributed by atoms with van der Waals surface area (Å²) in [4.78, 5) is 14.1. The Labute approximate surface area is 130 Å². The minimum atomic E-state index is -0.313. The predicted octanol–water partition coefficient (Wildman–Crippen LogP) is 2.95. The minimum Gasteiger partial charge on any atom is -0.396 e. The van der Waals surface area contributed by atoms with Crippen molar-refractivity contribution < 1.29 is 14.3 Å². The van der Waals surface area contributed by atoms with E-state index < -0.39 is 0 Å². The van der Waals surface area contributed by atoms with Crippen molar-refractivity contribution in [1.82, 2.24) is 4.90 Å². The van der Waals surface area contributed by atoms with Crippen LogP contribution in [0.15, 0.2) is 54.6 Å². The van der Waals surface area contributed by atoms with E-state index in [0.29, 0.717) is 6.42 Å². The Kier molecular flexibility index (Phi) is 5.67. The van der Waals surface area contributed by atoms with Crippen LogP contribution in [0.3, 0.4) is 0 Å². The van der Waals surface area contributed by atoms with Crippen LogP contribution >= 0.6 is 0 Å². The van der Waals surface area contributed by atoms with Gasteiger partial charge in [0.05, 0.1) is 12.5 Å². The molecule has 0 aliphatic rings. The SMILES string of the molecule is CN(C(=O)Cc1ccc(F)cc1)C(CCO)c1ccccc1. The van der Waals surface area contributed by atoms with Crippen LogP contribution in [0.2, 0.25) is 0 Å². The van der Waals surface area contributed by atoms with E-state index in [1.165, 1.54) is 12.1 Å². The molecular formula is C18H20FNO2. The van der Waals surface area contributed by atoms with Gasteiger partial charge in [-0.05, 0) is 29.7 Å². The van der Waals surface area contributed by atoms with E-state index in [4.69, 9.17) is 0 Å². The zero-order valence-electron chi connectivity index (χ0n) is 12.6. The van der Waals surface area contributed by atoms with Crippen molar-refractivity contribution in [2.24, 2.45) is 0 Å². The molecule has 0 saturated carbocycles. The van der Waals surface area contributed by atoms with E-state index in [-0.39, 0.29) is 30.8 Å². The summed E-state index contributed by atoms with van der Waals surface area (Å²) in [5.74, 6) is -0.374. The van der Waals surface area contributed by atoms with Crippen LogP contribution in [0.25, 0.3) is 0 Å². The average molecular weight is 301 g/mol. The third-order valence-corrected chi connectivity index (χ3v) is 3.72. The van der Waals surface area contributed by atoms with Gasteiger partial charge in [-0.2, -0.15) is 0 Å². The van der Waals surface area contributed by atoms with Gasteiger partial charge in [-0.25, -0.2) is 4.39 Å². The van der Waals surface area contributed by atoms with Crippen molar-refractivity contribution in [2.45, 2.75) is 18.9 Å². The molecule has 0 heterocycles. The maximum absolute atomic E-state index is 12.9. The summed E-state index contributed by atoms with van der Waals surface area (Å²) in [6.07, 6.45) is 0.696. The normalized spacial score (nSPS) is 12.0. The molecule has 1 amide bonds. The van der Waals surface area contributed by atoms with Crippen LogP contribution < -0.4 is 0 Å². The van der Waals surface area contributed by atoms with Crippen LogP contribution in [-0.4, -0.2) is 29.6 Å². The third-order valence-electron chi connectivity index (χ3n) is 3.72. The molecule has 2 aromatic rings. The molecule has 0 bridgehead atoms. The lowest BCUT2D eigenvalue weighted by molar-refractivity contribution is -0.131. The van der Waals surface area contributed by atoms with Gasteiger partial charge in [-0.15, -0.1) is 0 Å². The summed E-state index contributed by atoms with van der Waals surface area (Å²) in [6.45, 7) is 0.00767. The van der Waals surface area contributed by atoms with E-state index in [2.05, 4.69) is 0 Å². The van der Waals surface area contributed by atoms with E-state index >= 15 is 0 Å². The molecule has 1 atom stereocenters. The molecule has 4 heteroatoms. The summed E-state index contributed by atoms with van der Waals surface area (Å²) >= 11 is 0. The van der Waals surface area contributed by atoms with Gasteiger partial charge in [0.1, 0.15) is 5.82 Å². The number of halogens is 1. The molecule has 0 aliphatic heterocycles. The van der Waals surface area contributed by atoms with Crippen molar-refractivity contribution >= 4 is 5.91 Å². The Balaban J connectivity index is 2.10. The van der Waals surface area contributed by atoms with Gasteiger partial charge in [0, 0.05) is 13.7 Å². The molecule has 0 saturated heterocycles. The number of nitrogens with zero attached hydrogens (tertiary/aromatic N) is 1. The highest BCUT2D eigenvalue weighted by atomic mass is 19.1. The summed E-state index contributed by atoms with van der Waals surface area (Å²) in [6, 6.07) is 15.4. The van der Waals surface area contributed by atoms with Crippen molar-refractivity contribution in [3.63, 3.8) is 0 Å². The minimum absolute atomic E-state index is 0.00767. The molecular weight excluding hydrogens is 281 g/mol. The summed E-state index contributed by atoms with van der Waals surface area (Å²) < 4.78 is 12.9. The van der Waals surface area contributed by atoms with E-state index in [0.717, 1.165) is 11.1 Å². The first kappa shape index (κ1) is 16.2. The summed E-state index contributed by atoms with van der Waals surface area (Å²) in [5.41, 5.74) is 1.76. The van der Waals surface area contributed by atoms with Gasteiger partial charge in [-0.3, -0.25) is 4.79 Å². The Morgan fingerprint density at radius 2 is 1.77 bits per heavy atom. The standard InChI is InChI=1S/C18H20FNO2/c1-20(17(11-12-21)15-5-3-2-4-6-15)18(22)13-14-7-9-16(19)10-8-14/h2-10,17,21H,11-13H2,1H3. The number of amides is 1. The molecule has 3 nitrogen and oxygen atoms in total. The number of benzene rings is 2. The van der Waals surface area contributed by atoms with Crippen LogP contribution in [0.5, 0.6) is 0 Å². The third kappa shape index (κ3) is 4.15. The van der Waals surface area contributed by atoms with Crippen molar-refractivity contribution in [1.29, 1.82) is 0 Å². The number of aliphatic hydroxyl groups excluding tert-OH is 1. The number of carbonyl (C=O) groups is 1. The first-order chi connectivity index (χ1) is 10.6. The Bertz CT molecular complexity index is 598. The Hall–Kier alpha value is -2.20. The number of rotatable bonds is 6. The van der Waals surface area contributed by atoms with Crippen LogP contribution in [-0.2, 0) is 11.2 Å². The number of carbonyl (C=O) groups excluding carboxylic acids is 1. The monoisotopic (exact) mass is 301 g/mol. The van der Waals surface area contributed by atoms with Crippen molar-refractivity contribution in [3.8, 4) is 0 Å². The number of hydrogen-bond acceptors (Lipinski definition) is 2. The molecule has 0 spiro atoms. The lowest BCUT2D eigenvalue weighted by Gasteiger charge is -2.28. The van der Waals surface area contributed by atoms with Crippen molar-refractivity contribution in [2.75, 3.05) is 13.7 Å². The molecule has 1 N–H and O–H groups in total. The number of likely N-dealkylation sites (N-methyl/N-ethyl adjacent to an activating group) is 1. The van der Waals surface area contributed by atoms with Gasteiger partial charge in [0.15, 0.2) is 0 Å². The van der Waals surface area contributed by atoms with Gasteiger partial charge in [-0.1, -0.05) is 42.5 Å². The lowest BCUT2D eigenvalue weighted by atomic mass is 10.0. The van der Waals surface area contributed by atoms with Gasteiger partial charge < -0.3 is 10.0 Å². The van der Waals surface area contributed by atoms with Crippen molar-refractivity contribution in [3.05, 3.63) is 71.5 Å². The second-order valence-electron chi connectivity index (χ2n) is 5.25. The zero-order valence-corrected chi connectivity index (χ0v) is 12.6. The Morgan fingerprint density at radius 3 is 2.36 bits per heavy atom. The first-order valence-electron chi connectivity index (χ1n) is 7.27. The second-order valence-corrected chi connectivity index (χ2v) is 5.25. The number of hydrogen-bond donors (Lipinski definition) is 1. The van der Waals surface area contributed by atoms with Crippen LogP contribution in [0.1, 0.15) is 23.6 Å². The summed E-state index contributed by atoms with van der Waals surface area (Å²) in [7, 11) is 1.74. The quantitative estimate of drug-likeness (QED) is 0.891. The van der Waals surface area contributed by atoms with E-state index in [1.807, 2.05) is 30.3 Å². The highest BCUT2D eigenvalue weighted by molar-refractivity contribution is 5.79. The Morgan fingerprint density at radius 1 is 1.14 bits per heavy atom. The van der Waals surface area contributed by atoms with E-state index in [9.17, 15) is 14.3 Å². The zero-order chi connectivity index (χ0) is 15.9. The van der Waals surface area contributed by atoms with Crippen LogP contribution in [0.4, 0.5) is 4.39 Å². The second kappa shape index (κ2) is 7.71. The fourth-order valence-corrected chi connectivity index (χ4v) is 2.46. The maximum atomic E-state index is 12.9. The first-order valence-corrected chi connectivity index (χ1v) is 7.27. The fourth-order valence-electron chi connectivity index (χ4n) is 2.46. The molecule has 0 radical (unpaired) electrons. The van der Waals surface area contributed by atoms with Crippen LogP contribution in [0, 0.1) is 5.82 Å². The fraction of sp³-hybridized carbons (Fsp3) is 0.278. The summed E-state index contributed by atoms with van der Waals surface area (Å²) in [5, 5.41) is 9.27. The lowest BCUT2D eigenvalue weighted by Crippen LogP contribution is -2.33. The van der Waals surface area contributed by atoms with E-state index in [1.54, 1.807) is 24.1 Å². The highest BCUT2D eigenvalue weighted by Crippen LogP contribution is 2.23. The molecule has 22 heavy (non-hydrogen) atoms. The van der Waals surface area contributed by atoms with Gasteiger partial charge in [0.2, 0.25) is 5.91 Å². The molecule has 116 valence electrons. The molecule has 2 aromatic carbocycles. The van der Waals surface area contributed by atoms with Gasteiger partial charge in [0.25, 0.3) is 0 Å². The highest BCUT2D eigenvalue weighted by Gasteiger charge is 2.21. The predicted molar refractivity (Wildman–Crippen MR) is 83.8 cm³/mol.